The van der Waals surface area contributed by atoms with Gasteiger partial charge in [0, 0.05) is 10.0 Å². The predicted molar refractivity (Wildman–Crippen MR) is 88.8 cm³/mol. The van der Waals surface area contributed by atoms with Crippen LogP contribution in [0.25, 0.3) is 0 Å². The van der Waals surface area contributed by atoms with E-state index in [0.717, 1.165) is 21.5 Å². The molecule has 2 nitrogen and oxygen atoms in total. The zero-order valence-corrected chi connectivity index (χ0v) is 13.8. The summed E-state index contributed by atoms with van der Waals surface area (Å²) in [4.78, 5) is 0. The van der Waals surface area contributed by atoms with Gasteiger partial charge in [-0.05, 0) is 38.1 Å². The third kappa shape index (κ3) is 3.68. The summed E-state index contributed by atoms with van der Waals surface area (Å²) in [5.41, 5.74) is 2.03. The fraction of sp³-hybridized carbons (Fsp3) is 0.250. The van der Waals surface area contributed by atoms with Crippen molar-refractivity contribution in [1.82, 2.24) is 0 Å². The molecular weight excluding hydrogens is 338 g/mol. The Bertz CT molecular complexity index is 588. The number of halogens is 2. The maximum Gasteiger partial charge on any atom is 0.124 e. The lowest BCUT2D eigenvalue weighted by Crippen LogP contribution is -2.09. The molecular formula is C16H17BrClNO. The highest BCUT2D eigenvalue weighted by molar-refractivity contribution is 9.10. The van der Waals surface area contributed by atoms with Gasteiger partial charge in [-0.2, -0.15) is 0 Å². The first-order valence-electron chi connectivity index (χ1n) is 6.55. The zero-order chi connectivity index (χ0) is 14.5. The monoisotopic (exact) mass is 353 g/mol. The van der Waals surface area contributed by atoms with Crippen molar-refractivity contribution < 1.29 is 4.74 Å². The number of hydrogen-bond acceptors (Lipinski definition) is 2. The van der Waals surface area contributed by atoms with Crippen LogP contribution >= 0.6 is 27.5 Å². The van der Waals surface area contributed by atoms with E-state index >= 15 is 0 Å². The second kappa shape index (κ2) is 7.00. The maximum absolute atomic E-state index is 6.24. The largest absolute Gasteiger partial charge is 0.494 e. The molecule has 1 unspecified atom stereocenters. The van der Waals surface area contributed by atoms with Gasteiger partial charge < -0.3 is 10.1 Å². The molecule has 0 fully saturated rings. The van der Waals surface area contributed by atoms with Crippen LogP contribution in [-0.4, -0.2) is 6.61 Å². The maximum atomic E-state index is 6.24. The standard InChI is InChI=1S/C16H17BrClNO/c1-3-20-16-7-5-4-6-13(16)11(2)19-15-9-8-12(17)10-14(15)18/h4-11,19H,3H2,1-2H3. The first-order valence-corrected chi connectivity index (χ1v) is 7.72. The molecule has 0 saturated heterocycles. The number of nitrogens with one attached hydrogen (secondary N) is 1. The highest BCUT2D eigenvalue weighted by atomic mass is 79.9. The normalized spacial score (nSPS) is 12.0. The lowest BCUT2D eigenvalue weighted by molar-refractivity contribution is 0.335. The number of rotatable bonds is 5. The van der Waals surface area contributed by atoms with Crippen LogP contribution in [-0.2, 0) is 0 Å². The van der Waals surface area contributed by atoms with Crippen molar-refractivity contribution in [3.05, 3.63) is 57.5 Å². The summed E-state index contributed by atoms with van der Waals surface area (Å²) in [7, 11) is 0. The number of para-hydroxylation sites is 1. The Balaban J connectivity index is 2.21. The van der Waals surface area contributed by atoms with Gasteiger partial charge in [-0.15, -0.1) is 0 Å². The summed E-state index contributed by atoms with van der Waals surface area (Å²) in [6.45, 7) is 4.74. The van der Waals surface area contributed by atoms with Gasteiger partial charge in [0.25, 0.3) is 0 Å². The minimum Gasteiger partial charge on any atom is -0.494 e. The van der Waals surface area contributed by atoms with Gasteiger partial charge in [-0.1, -0.05) is 45.7 Å². The second-order valence-electron chi connectivity index (χ2n) is 4.46. The molecule has 2 rings (SSSR count). The Morgan fingerprint density at radius 2 is 2.00 bits per heavy atom. The summed E-state index contributed by atoms with van der Waals surface area (Å²) >= 11 is 9.65. The van der Waals surface area contributed by atoms with E-state index in [9.17, 15) is 0 Å². The third-order valence-corrected chi connectivity index (χ3v) is 3.79. The number of hydrogen-bond donors (Lipinski definition) is 1. The van der Waals surface area contributed by atoms with Gasteiger partial charge >= 0.3 is 0 Å². The minimum atomic E-state index is 0.108. The topological polar surface area (TPSA) is 21.3 Å². The quantitative estimate of drug-likeness (QED) is 0.746. The van der Waals surface area contributed by atoms with Crippen LogP contribution in [0.5, 0.6) is 5.75 Å². The molecule has 4 heteroatoms. The number of ether oxygens (including phenoxy) is 1. The molecule has 20 heavy (non-hydrogen) atoms. The molecule has 0 amide bonds. The van der Waals surface area contributed by atoms with Crippen molar-refractivity contribution >= 4 is 33.2 Å². The summed E-state index contributed by atoms with van der Waals surface area (Å²) in [6.07, 6.45) is 0. The lowest BCUT2D eigenvalue weighted by atomic mass is 10.1. The minimum absolute atomic E-state index is 0.108. The molecule has 0 heterocycles. The van der Waals surface area contributed by atoms with Gasteiger partial charge in [0.15, 0.2) is 0 Å². The summed E-state index contributed by atoms with van der Waals surface area (Å²) in [5, 5.41) is 4.11. The van der Waals surface area contributed by atoms with Crippen molar-refractivity contribution in [3.63, 3.8) is 0 Å². The van der Waals surface area contributed by atoms with Crippen LogP contribution in [0.1, 0.15) is 25.5 Å². The first kappa shape index (κ1) is 15.2. The van der Waals surface area contributed by atoms with Crippen LogP contribution in [0.4, 0.5) is 5.69 Å². The van der Waals surface area contributed by atoms with E-state index < -0.39 is 0 Å². The van der Waals surface area contributed by atoms with Gasteiger partial charge in [0.2, 0.25) is 0 Å². The summed E-state index contributed by atoms with van der Waals surface area (Å²) < 4.78 is 6.63. The average molecular weight is 355 g/mol. The molecule has 0 aliphatic rings. The van der Waals surface area contributed by atoms with E-state index in [0.29, 0.717) is 11.6 Å². The Kier molecular flexibility index (Phi) is 5.32. The van der Waals surface area contributed by atoms with Crippen LogP contribution in [0.2, 0.25) is 5.02 Å². The van der Waals surface area contributed by atoms with Gasteiger partial charge in [-0.3, -0.25) is 0 Å². The summed E-state index contributed by atoms with van der Waals surface area (Å²) in [6, 6.07) is 14.0. The van der Waals surface area contributed by atoms with E-state index in [1.54, 1.807) is 0 Å². The van der Waals surface area contributed by atoms with Gasteiger partial charge in [0.1, 0.15) is 5.75 Å². The fourth-order valence-electron chi connectivity index (χ4n) is 2.04. The van der Waals surface area contributed by atoms with E-state index in [2.05, 4.69) is 34.2 Å². The highest BCUT2D eigenvalue weighted by Gasteiger charge is 2.12. The first-order chi connectivity index (χ1) is 9.61. The second-order valence-corrected chi connectivity index (χ2v) is 5.78. The van der Waals surface area contributed by atoms with E-state index in [-0.39, 0.29) is 6.04 Å². The van der Waals surface area contributed by atoms with Crippen LogP contribution in [0.3, 0.4) is 0 Å². The van der Waals surface area contributed by atoms with E-state index in [4.69, 9.17) is 16.3 Å². The molecule has 2 aromatic carbocycles. The number of benzene rings is 2. The molecule has 0 aliphatic carbocycles. The molecule has 1 atom stereocenters. The lowest BCUT2D eigenvalue weighted by Gasteiger charge is -2.19. The Morgan fingerprint density at radius 3 is 2.70 bits per heavy atom. The van der Waals surface area contributed by atoms with Gasteiger partial charge in [-0.25, -0.2) is 0 Å². The van der Waals surface area contributed by atoms with Crippen molar-refractivity contribution in [2.24, 2.45) is 0 Å². The van der Waals surface area contributed by atoms with Crippen molar-refractivity contribution in [3.8, 4) is 5.75 Å². The van der Waals surface area contributed by atoms with Crippen molar-refractivity contribution in [1.29, 1.82) is 0 Å². The van der Waals surface area contributed by atoms with E-state index in [1.807, 2.05) is 43.3 Å². The zero-order valence-electron chi connectivity index (χ0n) is 11.5. The fourth-order valence-corrected chi connectivity index (χ4v) is 2.77. The molecule has 2 aromatic rings. The molecule has 0 spiro atoms. The summed E-state index contributed by atoms with van der Waals surface area (Å²) in [5.74, 6) is 0.906. The molecule has 106 valence electrons. The van der Waals surface area contributed by atoms with Crippen molar-refractivity contribution in [2.75, 3.05) is 11.9 Å². The molecule has 1 N–H and O–H groups in total. The Labute approximate surface area is 133 Å². The Hall–Kier alpha value is -1.19. The molecule has 0 radical (unpaired) electrons. The van der Waals surface area contributed by atoms with Crippen molar-refractivity contribution in [2.45, 2.75) is 19.9 Å². The van der Waals surface area contributed by atoms with Crippen LogP contribution in [0, 0.1) is 0 Å². The van der Waals surface area contributed by atoms with E-state index in [1.165, 1.54) is 0 Å². The number of anilines is 1. The molecule has 0 saturated carbocycles. The van der Waals surface area contributed by atoms with Gasteiger partial charge in [0.05, 0.1) is 23.4 Å². The highest BCUT2D eigenvalue weighted by Crippen LogP contribution is 2.31. The molecule has 0 aliphatic heterocycles. The Morgan fingerprint density at radius 1 is 1.25 bits per heavy atom. The SMILES string of the molecule is CCOc1ccccc1C(C)Nc1ccc(Br)cc1Cl. The van der Waals surface area contributed by atoms with Crippen LogP contribution in [0.15, 0.2) is 46.9 Å². The predicted octanol–water partition coefficient (Wildman–Crippen LogP) is 5.67. The third-order valence-electron chi connectivity index (χ3n) is 2.99. The molecule has 0 aromatic heterocycles. The van der Waals surface area contributed by atoms with Crippen LogP contribution < -0.4 is 10.1 Å². The molecule has 0 bridgehead atoms. The average Bonchev–Trinajstić information content (AvgIpc) is 2.43. The smallest absolute Gasteiger partial charge is 0.124 e.